The number of allylic oxidation sites excluding steroid dienone is 18. The summed E-state index contributed by atoms with van der Waals surface area (Å²) >= 11 is 0. The molecule has 66 heavy (non-hydrogen) atoms. The van der Waals surface area contributed by atoms with Gasteiger partial charge in [-0.2, -0.15) is 0 Å². The molecule has 0 amide bonds. The van der Waals surface area contributed by atoms with E-state index in [9.17, 15) is 19.0 Å². The van der Waals surface area contributed by atoms with Gasteiger partial charge in [0.25, 0.3) is 0 Å². The van der Waals surface area contributed by atoms with Crippen LogP contribution in [0.25, 0.3) is 0 Å². The molecule has 0 bridgehead atoms. The smallest absolute Gasteiger partial charge is 0.462 e. The van der Waals surface area contributed by atoms with Crippen molar-refractivity contribution in [3.05, 3.63) is 109 Å². The molecule has 0 aromatic heterocycles. The number of likely N-dealkylation sites (N-methyl/N-ethyl adjacent to an activating group) is 1. The lowest BCUT2D eigenvalue weighted by molar-refractivity contribution is -0.870. The van der Waals surface area contributed by atoms with Gasteiger partial charge in [-0.15, -0.1) is 0 Å². The topological polar surface area (TPSA) is 108 Å². The lowest BCUT2D eigenvalue weighted by Crippen LogP contribution is -2.37. The van der Waals surface area contributed by atoms with Crippen LogP contribution in [0.15, 0.2) is 109 Å². The molecule has 0 aromatic rings. The maximum atomic E-state index is 12.8. The quantitative estimate of drug-likeness (QED) is 0.0211. The van der Waals surface area contributed by atoms with Gasteiger partial charge in [0, 0.05) is 12.8 Å². The van der Waals surface area contributed by atoms with Crippen LogP contribution in [0.1, 0.15) is 181 Å². The highest BCUT2D eigenvalue weighted by Crippen LogP contribution is 2.43. The first-order chi connectivity index (χ1) is 32.0. The number of phosphoric ester groups is 1. The van der Waals surface area contributed by atoms with E-state index >= 15 is 0 Å². The van der Waals surface area contributed by atoms with Gasteiger partial charge in [0.05, 0.1) is 27.7 Å². The molecule has 376 valence electrons. The molecular weight excluding hydrogens is 846 g/mol. The van der Waals surface area contributed by atoms with Gasteiger partial charge in [-0.1, -0.05) is 181 Å². The molecule has 0 heterocycles. The molecule has 0 aromatic carbocycles. The van der Waals surface area contributed by atoms with E-state index < -0.39 is 26.5 Å². The van der Waals surface area contributed by atoms with Crippen molar-refractivity contribution in [2.45, 2.75) is 187 Å². The summed E-state index contributed by atoms with van der Waals surface area (Å²) in [6.45, 7) is 4.15. The monoisotopic (exact) mass is 941 g/mol. The number of esters is 2. The molecule has 10 heteroatoms. The lowest BCUT2D eigenvalue weighted by Gasteiger charge is -2.24. The fraction of sp³-hybridized carbons (Fsp3) is 0.643. The number of ether oxygens (including phenoxy) is 2. The summed E-state index contributed by atoms with van der Waals surface area (Å²) in [5, 5.41) is 0. The van der Waals surface area contributed by atoms with Crippen molar-refractivity contribution in [1.82, 2.24) is 0 Å². The number of phosphoric acid groups is 1. The molecule has 0 rings (SSSR count). The SMILES string of the molecule is CC/C=C\C/C=C\C/C=C\C/C=C\C/C=C\CCCCCCCCCC(=O)OC(COC(=O)CCCCCCCC/C=C\C/C=C\C/C=C\C/C=C\CC)COP(=O)(O)OCC[N+](C)(C)C. The van der Waals surface area contributed by atoms with Crippen LogP contribution in [0.4, 0.5) is 0 Å². The summed E-state index contributed by atoms with van der Waals surface area (Å²) in [4.78, 5) is 35.6. The van der Waals surface area contributed by atoms with Crippen LogP contribution in [-0.4, -0.2) is 74.9 Å². The molecule has 2 unspecified atom stereocenters. The van der Waals surface area contributed by atoms with Gasteiger partial charge in [-0.05, 0) is 96.3 Å². The van der Waals surface area contributed by atoms with Gasteiger partial charge in [0.15, 0.2) is 6.10 Å². The van der Waals surface area contributed by atoms with Gasteiger partial charge < -0.3 is 18.9 Å². The Morgan fingerprint density at radius 3 is 1.21 bits per heavy atom. The van der Waals surface area contributed by atoms with Crippen molar-refractivity contribution in [1.29, 1.82) is 0 Å². The Balaban J connectivity index is 4.33. The first-order valence-corrected chi connectivity index (χ1v) is 27.1. The van der Waals surface area contributed by atoms with Crippen LogP contribution >= 0.6 is 7.82 Å². The zero-order chi connectivity index (χ0) is 48.5. The molecule has 1 N–H and O–H groups in total. The first kappa shape index (κ1) is 62.7. The number of rotatable bonds is 45. The van der Waals surface area contributed by atoms with Gasteiger partial charge in [0.1, 0.15) is 19.8 Å². The van der Waals surface area contributed by atoms with Crippen LogP contribution < -0.4 is 0 Å². The van der Waals surface area contributed by atoms with E-state index in [1.165, 1.54) is 19.3 Å². The predicted molar refractivity (Wildman–Crippen MR) is 279 cm³/mol. The van der Waals surface area contributed by atoms with Crippen LogP contribution in [0.2, 0.25) is 0 Å². The summed E-state index contributed by atoms with van der Waals surface area (Å²) in [5.41, 5.74) is 0. The molecule has 0 aliphatic heterocycles. The normalized spacial score (nSPS) is 14.3. The number of hydrogen-bond donors (Lipinski definition) is 1. The highest BCUT2D eigenvalue weighted by molar-refractivity contribution is 7.47. The van der Waals surface area contributed by atoms with Crippen molar-refractivity contribution in [2.75, 3.05) is 47.5 Å². The Kier molecular flexibility index (Phi) is 44.4. The maximum absolute atomic E-state index is 12.8. The van der Waals surface area contributed by atoms with Gasteiger partial charge in [0.2, 0.25) is 0 Å². The number of unbranched alkanes of at least 4 members (excludes halogenated alkanes) is 13. The zero-order valence-electron chi connectivity index (χ0n) is 42.4. The van der Waals surface area contributed by atoms with Crippen molar-refractivity contribution >= 4 is 19.8 Å². The average Bonchev–Trinajstić information content (AvgIpc) is 3.27. The van der Waals surface area contributed by atoms with Crippen molar-refractivity contribution in [3.63, 3.8) is 0 Å². The van der Waals surface area contributed by atoms with E-state index in [0.29, 0.717) is 23.9 Å². The summed E-state index contributed by atoms with van der Waals surface area (Å²) in [5.74, 6) is -0.836. The number of carbonyl (C=O) groups excluding carboxylic acids is 2. The summed E-state index contributed by atoms with van der Waals surface area (Å²) in [6, 6.07) is 0. The first-order valence-electron chi connectivity index (χ1n) is 25.6. The molecule has 2 atom stereocenters. The van der Waals surface area contributed by atoms with Crippen molar-refractivity contribution in [2.24, 2.45) is 0 Å². The van der Waals surface area contributed by atoms with Crippen LogP contribution in [0, 0.1) is 0 Å². The minimum atomic E-state index is -4.40. The highest BCUT2D eigenvalue weighted by atomic mass is 31.2. The number of carbonyl (C=O) groups is 2. The van der Waals surface area contributed by atoms with E-state index in [-0.39, 0.29) is 32.0 Å². The molecule has 0 saturated carbocycles. The molecule has 0 saturated heterocycles. The molecule has 0 radical (unpaired) electrons. The Labute approximate surface area is 404 Å². The second-order valence-corrected chi connectivity index (χ2v) is 19.2. The highest BCUT2D eigenvalue weighted by Gasteiger charge is 2.27. The summed E-state index contributed by atoms with van der Waals surface area (Å²) < 4.78 is 34.4. The second kappa shape index (κ2) is 46.8. The fourth-order valence-electron chi connectivity index (χ4n) is 6.38. The van der Waals surface area contributed by atoms with Crippen molar-refractivity contribution < 1.29 is 42.1 Å². The Morgan fingerprint density at radius 2 is 0.818 bits per heavy atom. The van der Waals surface area contributed by atoms with Crippen LogP contribution in [-0.2, 0) is 32.7 Å². The average molecular weight is 941 g/mol. The molecular formula is C56H95NO8P+. The third-order valence-electron chi connectivity index (χ3n) is 10.3. The van der Waals surface area contributed by atoms with Gasteiger partial charge in [-0.3, -0.25) is 18.6 Å². The van der Waals surface area contributed by atoms with Gasteiger partial charge in [-0.25, -0.2) is 4.57 Å². The van der Waals surface area contributed by atoms with Crippen LogP contribution in [0.5, 0.6) is 0 Å². The van der Waals surface area contributed by atoms with E-state index in [1.807, 2.05) is 21.1 Å². The Bertz CT molecular complexity index is 1480. The Morgan fingerprint density at radius 1 is 0.470 bits per heavy atom. The second-order valence-electron chi connectivity index (χ2n) is 17.8. The van der Waals surface area contributed by atoms with E-state index in [2.05, 4.69) is 123 Å². The summed E-state index contributed by atoms with van der Waals surface area (Å²) in [7, 11) is 1.44. The Hall–Kier alpha value is -3.33. The van der Waals surface area contributed by atoms with Gasteiger partial charge >= 0.3 is 19.8 Å². The fourth-order valence-corrected chi connectivity index (χ4v) is 7.13. The molecule has 9 nitrogen and oxygen atoms in total. The minimum Gasteiger partial charge on any atom is -0.462 e. The standard InChI is InChI=1S/C56H94NO8P/c1-6-8-10-12-14-16-18-20-22-24-26-27-28-29-31-33-35-37-39-41-43-45-47-49-56(59)65-54(53-64-66(60,61)63-51-50-57(3,4)5)52-62-55(58)48-46-44-42-40-38-36-34-32-30-25-23-21-19-17-15-13-11-9-7-2/h8-11,14-17,20-23,26-27,29-32,54H,6-7,12-13,18-19,24-25,28,33-53H2,1-5H3/p+1/b10-8-,11-9-,16-14-,17-15-,22-20-,23-21-,27-26-,31-29-,32-30-. The van der Waals surface area contributed by atoms with E-state index in [4.69, 9.17) is 18.5 Å². The summed E-state index contributed by atoms with van der Waals surface area (Å²) in [6.07, 6.45) is 64.2. The maximum Gasteiger partial charge on any atom is 0.472 e. The number of hydrogen-bond acceptors (Lipinski definition) is 7. The third-order valence-corrected chi connectivity index (χ3v) is 11.3. The molecule has 0 spiro atoms. The zero-order valence-corrected chi connectivity index (χ0v) is 43.3. The van der Waals surface area contributed by atoms with E-state index in [0.717, 1.165) is 122 Å². The van der Waals surface area contributed by atoms with E-state index in [1.54, 1.807) is 0 Å². The molecule has 0 fully saturated rings. The van der Waals surface area contributed by atoms with Crippen molar-refractivity contribution in [3.8, 4) is 0 Å². The number of nitrogens with zero attached hydrogens (tertiary/aromatic N) is 1. The minimum absolute atomic E-state index is 0.0201. The largest absolute Gasteiger partial charge is 0.472 e. The van der Waals surface area contributed by atoms with Crippen LogP contribution in [0.3, 0.4) is 0 Å². The number of quaternary nitrogens is 1. The lowest BCUT2D eigenvalue weighted by atomic mass is 10.1. The third kappa shape index (κ3) is 50.1. The predicted octanol–water partition coefficient (Wildman–Crippen LogP) is 15.5. The molecule has 0 aliphatic carbocycles. The molecule has 0 aliphatic rings.